The third-order valence-electron chi connectivity index (χ3n) is 9.21. The summed E-state index contributed by atoms with van der Waals surface area (Å²) in [5.41, 5.74) is 3.17. The lowest BCUT2D eigenvalue weighted by Crippen LogP contribution is -2.41. The minimum atomic E-state index is -0.286. The van der Waals surface area contributed by atoms with E-state index in [-0.39, 0.29) is 11.5 Å². The van der Waals surface area contributed by atoms with E-state index in [0.29, 0.717) is 12.0 Å². The highest BCUT2D eigenvalue weighted by Crippen LogP contribution is 2.45. The molecule has 0 heterocycles. The minimum Gasteiger partial charge on any atom is -0.410 e. The van der Waals surface area contributed by atoms with Crippen molar-refractivity contribution in [1.82, 2.24) is 5.32 Å². The Morgan fingerprint density at radius 3 is 1.88 bits per heavy atom. The van der Waals surface area contributed by atoms with Crippen molar-refractivity contribution in [3.63, 3.8) is 0 Å². The van der Waals surface area contributed by atoms with Gasteiger partial charge in [-0.3, -0.25) is 0 Å². The number of hydrogen-bond donors (Lipinski definition) is 1. The standard InChI is InChI=1S/C37H65NO2/c1-6-8-10-12-14-16-18-20-24-32-25-22-27-34(33(32)26-21-19-17-15-13-11-9-7-2)40-35(39)38-31-37(5)29-23-28-36(3,4)30-37/h22,25,27H,6-21,23-24,26,28-31H2,1-5H3,(H,38,39). The summed E-state index contributed by atoms with van der Waals surface area (Å²) in [6.07, 6.45) is 27.9. The average Bonchev–Trinajstić information content (AvgIpc) is 2.91. The number of benzene rings is 1. The number of nitrogens with one attached hydrogen (secondary N) is 1. The van der Waals surface area contributed by atoms with Gasteiger partial charge in [0, 0.05) is 6.54 Å². The summed E-state index contributed by atoms with van der Waals surface area (Å²) >= 11 is 0. The van der Waals surface area contributed by atoms with E-state index >= 15 is 0 Å². The van der Waals surface area contributed by atoms with Crippen molar-refractivity contribution in [1.29, 1.82) is 0 Å². The summed E-state index contributed by atoms with van der Waals surface area (Å²) in [5, 5.41) is 3.15. The van der Waals surface area contributed by atoms with Crippen molar-refractivity contribution in [2.75, 3.05) is 6.54 Å². The Bertz CT molecular complexity index is 816. The van der Waals surface area contributed by atoms with Gasteiger partial charge in [-0.15, -0.1) is 0 Å². The van der Waals surface area contributed by atoms with E-state index < -0.39 is 0 Å². The Kier molecular flexibility index (Phi) is 17.0. The van der Waals surface area contributed by atoms with Crippen LogP contribution in [0.2, 0.25) is 0 Å². The number of carbonyl (C=O) groups excluding carboxylic acids is 1. The number of aryl methyl sites for hydroxylation is 1. The maximum Gasteiger partial charge on any atom is 0.412 e. The Morgan fingerprint density at radius 1 is 0.750 bits per heavy atom. The zero-order valence-corrected chi connectivity index (χ0v) is 27.3. The van der Waals surface area contributed by atoms with Crippen LogP contribution in [0.1, 0.15) is 174 Å². The molecular weight excluding hydrogens is 490 g/mol. The lowest BCUT2D eigenvalue weighted by Gasteiger charge is -2.42. The lowest BCUT2D eigenvalue weighted by molar-refractivity contribution is 0.0969. The molecule has 1 saturated carbocycles. The molecule has 1 aromatic rings. The van der Waals surface area contributed by atoms with Crippen LogP contribution in [0.15, 0.2) is 18.2 Å². The van der Waals surface area contributed by atoms with Crippen LogP contribution in [0.4, 0.5) is 4.79 Å². The Balaban J connectivity index is 1.92. The molecule has 2 rings (SSSR count). The van der Waals surface area contributed by atoms with Gasteiger partial charge in [-0.1, -0.05) is 143 Å². The number of amides is 1. The van der Waals surface area contributed by atoms with E-state index in [1.165, 1.54) is 133 Å². The molecule has 1 unspecified atom stereocenters. The van der Waals surface area contributed by atoms with Gasteiger partial charge < -0.3 is 10.1 Å². The molecule has 0 spiro atoms. The van der Waals surface area contributed by atoms with Crippen molar-refractivity contribution in [2.24, 2.45) is 10.8 Å². The SMILES string of the molecule is CCCCCCCCCCc1cccc(OC(=O)NCC2(C)CCCC(C)(C)C2)c1CCCCCCCCCC. The number of hydrogen-bond acceptors (Lipinski definition) is 2. The molecule has 1 fully saturated rings. The van der Waals surface area contributed by atoms with Crippen molar-refractivity contribution in [3.8, 4) is 5.75 Å². The molecule has 0 radical (unpaired) electrons. The van der Waals surface area contributed by atoms with E-state index in [0.717, 1.165) is 25.0 Å². The van der Waals surface area contributed by atoms with Crippen LogP contribution in [0.5, 0.6) is 5.75 Å². The van der Waals surface area contributed by atoms with Gasteiger partial charge in [0.05, 0.1) is 0 Å². The Labute approximate surface area is 249 Å². The molecular formula is C37H65NO2. The highest BCUT2D eigenvalue weighted by atomic mass is 16.6. The number of rotatable bonds is 21. The monoisotopic (exact) mass is 556 g/mol. The van der Waals surface area contributed by atoms with Crippen LogP contribution < -0.4 is 10.1 Å². The normalized spacial score (nSPS) is 18.5. The van der Waals surface area contributed by atoms with E-state index in [4.69, 9.17) is 4.74 Å². The molecule has 1 aliphatic rings. The van der Waals surface area contributed by atoms with Crippen molar-refractivity contribution < 1.29 is 9.53 Å². The summed E-state index contributed by atoms with van der Waals surface area (Å²) in [6, 6.07) is 6.38. The van der Waals surface area contributed by atoms with E-state index in [2.05, 4.69) is 52.1 Å². The maximum absolute atomic E-state index is 13.0. The molecule has 1 aromatic carbocycles. The van der Waals surface area contributed by atoms with Gasteiger partial charge in [-0.2, -0.15) is 0 Å². The number of unbranched alkanes of at least 4 members (excludes halogenated alkanes) is 14. The van der Waals surface area contributed by atoms with Crippen LogP contribution in [0, 0.1) is 10.8 Å². The van der Waals surface area contributed by atoms with Crippen LogP contribution in [-0.2, 0) is 12.8 Å². The molecule has 3 heteroatoms. The van der Waals surface area contributed by atoms with E-state index in [1.807, 2.05) is 6.07 Å². The van der Waals surface area contributed by atoms with Crippen LogP contribution in [-0.4, -0.2) is 12.6 Å². The summed E-state index contributed by atoms with van der Waals surface area (Å²) < 4.78 is 6.03. The predicted molar refractivity (Wildman–Crippen MR) is 173 cm³/mol. The second kappa shape index (κ2) is 19.6. The molecule has 0 aromatic heterocycles. The molecule has 230 valence electrons. The van der Waals surface area contributed by atoms with Crippen LogP contribution >= 0.6 is 0 Å². The van der Waals surface area contributed by atoms with Gasteiger partial charge in [0.1, 0.15) is 5.75 Å². The first-order valence-corrected chi connectivity index (χ1v) is 17.3. The number of carbonyl (C=O) groups is 1. The van der Waals surface area contributed by atoms with Gasteiger partial charge in [0.25, 0.3) is 0 Å². The first kappa shape index (κ1) is 34.7. The zero-order valence-electron chi connectivity index (χ0n) is 27.3. The van der Waals surface area contributed by atoms with Gasteiger partial charge in [-0.25, -0.2) is 4.79 Å². The summed E-state index contributed by atoms with van der Waals surface area (Å²) in [5.74, 6) is 0.784. The first-order chi connectivity index (χ1) is 19.3. The van der Waals surface area contributed by atoms with Crippen LogP contribution in [0.25, 0.3) is 0 Å². The minimum absolute atomic E-state index is 0.152. The average molecular weight is 556 g/mol. The molecule has 3 nitrogen and oxygen atoms in total. The zero-order chi connectivity index (χ0) is 29.1. The fourth-order valence-corrected chi connectivity index (χ4v) is 7.01. The van der Waals surface area contributed by atoms with Gasteiger partial charge in [0.15, 0.2) is 0 Å². The molecule has 40 heavy (non-hydrogen) atoms. The third kappa shape index (κ3) is 14.4. The summed E-state index contributed by atoms with van der Waals surface area (Å²) in [4.78, 5) is 13.0. The quantitative estimate of drug-likeness (QED) is 0.153. The topological polar surface area (TPSA) is 38.3 Å². The lowest BCUT2D eigenvalue weighted by atomic mass is 9.64. The maximum atomic E-state index is 13.0. The van der Waals surface area contributed by atoms with Gasteiger partial charge >= 0.3 is 6.09 Å². The second-order valence-corrected chi connectivity index (χ2v) is 14.1. The largest absolute Gasteiger partial charge is 0.412 e. The Morgan fingerprint density at radius 2 is 1.30 bits per heavy atom. The van der Waals surface area contributed by atoms with Crippen molar-refractivity contribution in [3.05, 3.63) is 29.3 Å². The smallest absolute Gasteiger partial charge is 0.410 e. The highest BCUT2D eigenvalue weighted by molar-refractivity contribution is 5.71. The van der Waals surface area contributed by atoms with E-state index in [1.54, 1.807) is 0 Å². The van der Waals surface area contributed by atoms with Crippen molar-refractivity contribution >= 4 is 6.09 Å². The Hall–Kier alpha value is -1.51. The highest BCUT2D eigenvalue weighted by Gasteiger charge is 2.36. The molecule has 1 atom stereocenters. The van der Waals surface area contributed by atoms with Gasteiger partial charge in [-0.05, 0) is 73.0 Å². The molecule has 0 bridgehead atoms. The predicted octanol–water partition coefficient (Wildman–Crippen LogP) is 11.7. The van der Waals surface area contributed by atoms with Crippen LogP contribution in [0.3, 0.4) is 0 Å². The fourth-order valence-electron chi connectivity index (χ4n) is 7.01. The molecule has 1 aliphatic carbocycles. The van der Waals surface area contributed by atoms with Crippen molar-refractivity contribution in [2.45, 2.75) is 176 Å². The molecule has 1 N–H and O–H groups in total. The van der Waals surface area contributed by atoms with Gasteiger partial charge in [0.2, 0.25) is 0 Å². The molecule has 0 aliphatic heterocycles. The van der Waals surface area contributed by atoms with E-state index in [9.17, 15) is 4.79 Å². The molecule has 1 amide bonds. The number of ether oxygens (including phenoxy) is 1. The summed E-state index contributed by atoms with van der Waals surface area (Å²) in [6.45, 7) is 12.3. The molecule has 0 saturated heterocycles. The second-order valence-electron chi connectivity index (χ2n) is 14.1. The fraction of sp³-hybridized carbons (Fsp3) is 0.811. The first-order valence-electron chi connectivity index (χ1n) is 17.3. The summed E-state index contributed by atoms with van der Waals surface area (Å²) in [7, 11) is 0. The third-order valence-corrected chi connectivity index (χ3v) is 9.21.